The first-order valence-corrected chi connectivity index (χ1v) is 5.53. The third-order valence-corrected chi connectivity index (χ3v) is 3.67. The van der Waals surface area contributed by atoms with E-state index in [1.165, 1.54) is 0 Å². The fraction of sp³-hybridized carbons (Fsp3) is 0.364. The second-order valence-electron chi connectivity index (χ2n) is 3.75. The average molecular weight is 304 g/mol. The molecule has 1 aromatic carbocycles. The van der Waals surface area contributed by atoms with Crippen LogP contribution in [0, 0.1) is 13.8 Å². The lowest BCUT2D eigenvalue weighted by Crippen LogP contribution is -2.21. The lowest BCUT2D eigenvalue weighted by atomic mass is 9.99. The largest absolute Gasteiger partial charge is 0.290 e. The van der Waals surface area contributed by atoms with Gasteiger partial charge in [-0.25, -0.2) is 4.39 Å². The summed E-state index contributed by atoms with van der Waals surface area (Å²) in [5, 5.41) is 0. The van der Waals surface area contributed by atoms with Crippen LogP contribution in [0.2, 0.25) is 0 Å². The number of carbonyl (C=O) groups excluding carboxylic acids is 1. The summed E-state index contributed by atoms with van der Waals surface area (Å²) in [6, 6.07) is 3.80. The van der Waals surface area contributed by atoms with E-state index in [0.29, 0.717) is 5.56 Å². The van der Waals surface area contributed by atoms with Gasteiger partial charge in [0.05, 0.1) is 0 Å². The van der Waals surface area contributed by atoms with Gasteiger partial charge in [-0.3, -0.25) is 4.79 Å². The summed E-state index contributed by atoms with van der Waals surface area (Å²) in [4.78, 5) is 11.7. The van der Waals surface area contributed by atoms with E-state index in [9.17, 15) is 9.18 Å². The highest BCUT2D eigenvalue weighted by atomic mass is 127. The zero-order valence-corrected chi connectivity index (χ0v) is 10.2. The quantitative estimate of drug-likeness (QED) is 0.531. The number of rotatable bonds is 0. The predicted octanol–water partition coefficient (Wildman–Crippen LogP) is 3.14. The molecular weight excluding hydrogens is 294 g/mol. The molecule has 1 aliphatic rings. The Labute approximate surface area is 95.8 Å². The molecule has 14 heavy (non-hydrogen) atoms. The van der Waals surface area contributed by atoms with E-state index in [1.54, 1.807) is 22.6 Å². The van der Waals surface area contributed by atoms with Crippen molar-refractivity contribution in [2.45, 2.75) is 23.9 Å². The molecule has 0 saturated heterocycles. The number of Topliss-reactive ketones (excluding diaryl/α,β-unsaturated/α-hetero) is 1. The first-order chi connectivity index (χ1) is 6.43. The standard InChI is InChI=1S/C11H10FIO/c1-6-3-4-8-5-11(12,13)10(14)9(8)7(6)2/h3-4H,5H2,1-2H3. The van der Waals surface area contributed by atoms with Gasteiger partial charge in [0, 0.05) is 12.0 Å². The van der Waals surface area contributed by atoms with E-state index in [0.717, 1.165) is 16.7 Å². The third-order valence-electron chi connectivity index (χ3n) is 2.79. The van der Waals surface area contributed by atoms with Gasteiger partial charge in [0.15, 0.2) is 0 Å². The summed E-state index contributed by atoms with van der Waals surface area (Å²) in [6.07, 6.45) is 0.211. The lowest BCUT2D eigenvalue weighted by Gasteiger charge is -2.07. The Morgan fingerprint density at radius 2 is 2.07 bits per heavy atom. The van der Waals surface area contributed by atoms with Crippen molar-refractivity contribution in [2.75, 3.05) is 0 Å². The minimum absolute atomic E-state index is 0.211. The number of halogens is 2. The molecule has 3 heteroatoms. The molecule has 1 unspecified atom stereocenters. The fourth-order valence-electron chi connectivity index (χ4n) is 1.84. The molecule has 1 nitrogen and oxygen atoms in total. The van der Waals surface area contributed by atoms with Gasteiger partial charge in [-0.1, -0.05) is 12.1 Å². The Morgan fingerprint density at radius 1 is 1.43 bits per heavy atom. The maximum atomic E-state index is 13.7. The normalized spacial score (nSPS) is 25.3. The van der Waals surface area contributed by atoms with Gasteiger partial charge in [-0.15, -0.1) is 0 Å². The summed E-state index contributed by atoms with van der Waals surface area (Å²) in [5.41, 5.74) is 3.41. The Hall–Kier alpha value is -0.450. The number of hydrogen-bond acceptors (Lipinski definition) is 1. The van der Waals surface area contributed by atoms with Crippen LogP contribution in [0.5, 0.6) is 0 Å². The Bertz CT molecular complexity index is 424. The zero-order chi connectivity index (χ0) is 10.5. The molecule has 0 aliphatic heterocycles. The number of benzene rings is 1. The van der Waals surface area contributed by atoms with Crippen LogP contribution in [-0.2, 0) is 6.42 Å². The van der Waals surface area contributed by atoms with Crippen molar-refractivity contribution in [3.63, 3.8) is 0 Å². The van der Waals surface area contributed by atoms with Crippen molar-refractivity contribution < 1.29 is 9.18 Å². The minimum Gasteiger partial charge on any atom is -0.290 e. The SMILES string of the molecule is Cc1ccc2c(c1C)C(=O)C(F)(I)C2. The molecule has 0 bridgehead atoms. The third kappa shape index (κ3) is 1.29. The molecule has 74 valence electrons. The number of aryl methyl sites for hydroxylation is 1. The maximum Gasteiger partial charge on any atom is 0.227 e. The van der Waals surface area contributed by atoms with Gasteiger partial charge in [0.1, 0.15) is 0 Å². The van der Waals surface area contributed by atoms with E-state index in [1.807, 2.05) is 26.0 Å². The molecular formula is C11H10FIO. The molecule has 0 saturated carbocycles. The van der Waals surface area contributed by atoms with Crippen molar-refractivity contribution in [2.24, 2.45) is 0 Å². The molecule has 0 N–H and O–H groups in total. The Morgan fingerprint density at radius 3 is 2.71 bits per heavy atom. The molecule has 0 spiro atoms. The summed E-state index contributed by atoms with van der Waals surface area (Å²) in [7, 11) is 0. The lowest BCUT2D eigenvalue weighted by molar-refractivity contribution is 0.0882. The van der Waals surface area contributed by atoms with E-state index >= 15 is 0 Å². The van der Waals surface area contributed by atoms with Crippen LogP contribution < -0.4 is 0 Å². The average Bonchev–Trinajstić information content (AvgIpc) is 2.32. The van der Waals surface area contributed by atoms with Gasteiger partial charge < -0.3 is 0 Å². The number of fused-ring (bicyclic) bond motifs is 1. The second-order valence-corrected chi connectivity index (χ2v) is 5.46. The Balaban J connectivity index is 2.67. The first kappa shape index (κ1) is 10.1. The van der Waals surface area contributed by atoms with Crippen molar-refractivity contribution in [1.82, 2.24) is 0 Å². The first-order valence-electron chi connectivity index (χ1n) is 4.45. The molecule has 0 amide bonds. The van der Waals surface area contributed by atoms with Crippen molar-refractivity contribution >= 4 is 28.4 Å². The van der Waals surface area contributed by atoms with Gasteiger partial charge in [-0.05, 0) is 53.1 Å². The monoisotopic (exact) mass is 304 g/mol. The van der Waals surface area contributed by atoms with E-state index in [2.05, 4.69) is 0 Å². The molecule has 1 aliphatic carbocycles. The van der Waals surface area contributed by atoms with Crippen LogP contribution in [0.4, 0.5) is 4.39 Å². The predicted molar refractivity (Wildman–Crippen MR) is 61.8 cm³/mol. The highest BCUT2D eigenvalue weighted by Gasteiger charge is 2.44. The second kappa shape index (κ2) is 3.02. The molecule has 0 aromatic heterocycles. The van der Waals surface area contributed by atoms with Crippen LogP contribution in [0.3, 0.4) is 0 Å². The summed E-state index contributed by atoms with van der Waals surface area (Å²) in [6.45, 7) is 3.82. The van der Waals surface area contributed by atoms with Crippen molar-refractivity contribution in [3.05, 3.63) is 34.4 Å². The molecule has 2 rings (SSSR count). The van der Waals surface area contributed by atoms with Crippen LogP contribution >= 0.6 is 22.6 Å². The van der Waals surface area contributed by atoms with Crippen molar-refractivity contribution in [3.8, 4) is 0 Å². The smallest absolute Gasteiger partial charge is 0.227 e. The topological polar surface area (TPSA) is 17.1 Å². The molecule has 1 aromatic rings. The number of carbonyl (C=O) groups is 1. The maximum absolute atomic E-state index is 13.7. The van der Waals surface area contributed by atoms with Gasteiger partial charge in [0.2, 0.25) is 9.46 Å². The van der Waals surface area contributed by atoms with E-state index in [4.69, 9.17) is 0 Å². The van der Waals surface area contributed by atoms with Gasteiger partial charge in [0.25, 0.3) is 0 Å². The number of alkyl halides is 2. The number of ketones is 1. The summed E-state index contributed by atoms with van der Waals surface area (Å²) >= 11 is 1.60. The van der Waals surface area contributed by atoms with Crippen LogP contribution in [0.15, 0.2) is 12.1 Å². The molecule has 0 fully saturated rings. The van der Waals surface area contributed by atoms with Crippen LogP contribution in [-0.4, -0.2) is 9.46 Å². The highest BCUT2D eigenvalue weighted by molar-refractivity contribution is 14.1. The van der Waals surface area contributed by atoms with E-state index in [-0.39, 0.29) is 12.2 Å². The number of hydrogen-bond donors (Lipinski definition) is 0. The highest BCUT2D eigenvalue weighted by Crippen LogP contribution is 2.40. The minimum atomic E-state index is -1.72. The molecule has 0 heterocycles. The van der Waals surface area contributed by atoms with Crippen molar-refractivity contribution in [1.29, 1.82) is 0 Å². The molecule has 1 atom stereocenters. The van der Waals surface area contributed by atoms with Gasteiger partial charge in [-0.2, -0.15) is 0 Å². The molecule has 0 radical (unpaired) electrons. The fourth-order valence-corrected chi connectivity index (χ4v) is 2.52. The van der Waals surface area contributed by atoms with Gasteiger partial charge >= 0.3 is 0 Å². The van der Waals surface area contributed by atoms with Crippen LogP contribution in [0.1, 0.15) is 27.0 Å². The zero-order valence-electron chi connectivity index (χ0n) is 8.03. The van der Waals surface area contributed by atoms with Crippen LogP contribution in [0.25, 0.3) is 0 Å². The summed E-state index contributed by atoms with van der Waals surface area (Å²) < 4.78 is 12.0. The van der Waals surface area contributed by atoms with E-state index < -0.39 is 3.68 Å². The summed E-state index contributed by atoms with van der Waals surface area (Å²) in [5.74, 6) is -0.366. The Kier molecular flexibility index (Phi) is 2.17.